The molecule has 0 aliphatic carbocycles. The maximum absolute atomic E-state index is 13.2. The summed E-state index contributed by atoms with van der Waals surface area (Å²) in [6.07, 6.45) is 6.55. The number of hydrogen-bond acceptors (Lipinski definition) is 7. The van der Waals surface area contributed by atoms with E-state index in [1.54, 1.807) is 11.1 Å². The fourth-order valence-corrected chi connectivity index (χ4v) is 6.64. The number of aliphatic hydroxyl groups excluding tert-OH is 1. The Bertz CT molecular complexity index is 1960. The number of fused-ring (bicyclic) bond motifs is 1. The van der Waals surface area contributed by atoms with Crippen molar-refractivity contribution < 1.29 is 23.9 Å². The van der Waals surface area contributed by atoms with E-state index in [-0.39, 0.29) is 30.3 Å². The molecule has 262 valence electrons. The molecule has 3 amide bonds. The summed E-state index contributed by atoms with van der Waals surface area (Å²) in [6.45, 7) is 8.25. The van der Waals surface area contributed by atoms with E-state index in [1.807, 2.05) is 67.4 Å². The van der Waals surface area contributed by atoms with E-state index in [4.69, 9.17) is 4.42 Å². The zero-order valence-corrected chi connectivity index (χ0v) is 29.0. The highest BCUT2D eigenvalue weighted by Gasteiger charge is 2.32. The van der Waals surface area contributed by atoms with Crippen molar-refractivity contribution in [3.63, 3.8) is 0 Å². The topological polar surface area (TPSA) is 160 Å². The molecule has 0 spiro atoms. The van der Waals surface area contributed by atoms with Gasteiger partial charge in [0, 0.05) is 42.9 Å². The van der Waals surface area contributed by atoms with Crippen LogP contribution in [0.2, 0.25) is 0 Å². The van der Waals surface area contributed by atoms with Crippen molar-refractivity contribution in [1.29, 1.82) is 0 Å². The number of furan rings is 1. The standard InChI is InChI=1S/C38H45N7O5/c1-5-8-35(48)45-17-7-9-31(45)37-40-21-30(43-37)27-14-15-32-28(18-27)19-33(50-32)26-12-10-25(11-13-26)29-20-39-34(42-29)22-44(16-6-2)38(49)36(23(3)46)41-24(4)47/h10-15,18-21,23,31,36,46H,5-9,16-17,22H2,1-4H3,(H,39,42)(H,40,43)(H,41,47). The number of aromatic amines is 2. The lowest BCUT2D eigenvalue weighted by atomic mass is 10.1. The maximum atomic E-state index is 13.2. The van der Waals surface area contributed by atoms with Crippen molar-refractivity contribution in [3.05, 3.63) is 72.6 Å². The van der Waals surface area contributed by atoms with Gasteiger partial charge in [0.1, 0.15) is 29.0 Å². The second-order valence-electron chi connectivity index (χ2n) is 13.0. The molecule has 12 heteroatoms. The summed E-state index contributed by atoms with van der Waals surface area (Å²) in [7, 11) is 0. The quantitative estimate of drug-likeness (QED) is 0.119. The van der Waals surface area contributed by atoms with E-state index in [2.05, 4.69) is 31.3 Å². The summed E-state index contributed by atoms with van der Waals surface area (Å²) < 4.78 is 6.22. The zero-order chi connectivity index (χ0) is 35.4. The molecule has 4 N–H and O–H groups in total. The highest BCUT2D eigenvalue weighted by Crippen LogP contribution is 2.34. The average Bonchev–Trinajstić information content (AvgIpc) is 3.92. The third-order valence-corrected chi connectivity index (χ3v) is 9.14. The van der Waals surface area contributed by atoms with E-state index >= 15 is 0 Å². The molecule has 1 aliphatic heterocycles. The van der Waals surface area contributed by atoms with Crippen molar-refractivity contribution >= 4 is 28.7 Å². The molecule has 3 unspecified atom stereocenters. The molecule has 12 nitrogen and oxygen atoms in total. The lowest BCUT2D eigenvalue weighted by Crippen LogP contribution is -2.53. The van der Waals surface area contributed by atoms with E-state index in [1.165, 1.54) is 13.8 Å². The van der Waals surface area contributed by atoms with Gasteiger partial charge in [-0.05, 0) is 62.4 Å². The number of likely N-dealkylation sites (tertiary alicyclic amines) is 1. The molecule has 0 saturated carbocycles. The van der Waals surface area contributed by atoms with Crippen LogP contribution in [0.25, 0.3) is 44.8 Å². The van der Waals surface area contributed by atoms with Gasteiger partial charge in [-0.2, -0.15) is 0 Å². The van der Waals surface area contributed by atoms with Crippen molar-refractivity contribution in [3.8, 4) is 33.8 Å². The first kappa shape index (κ1) is 34.6. The van der Waals surface area contributed by atoms with Crippen LogP contribution < -0.4 is 5.32 Å². The monoisotopic (exact) mass is 679 g/mol. The summed E-state index contributed by atoms with van der Waals surface area (Å²) in [5, 5.41) is 13.7. The summed E-state index contributed by atoms with van der Waals surface area (Å²) in [5.74, 6) is 1.63. The number of imidazole rings is 2. The van der Waals surface area contributed by atoms with Gasteiger partial charge in [-0.15, -0.1) is 0 Å². The minimum absolute atomic E-state index is 0.00644. The van der Waals surface area contributed by atoms with E-state index in [0.717, 1.165) is 76.4 Å². The molecule has 0 radical (unpaired) electrons. The highest BCUT2D eigenvalue weighted by atomic mass is 16.3. The summed E-state index contributed by atoms with van der Waals surface area (Å²) in [6, 6.07) is 15.0. The first-order valence-electron chi connectivity index (χ1n) is 17.4. The van der Waals surface area contributed by atoms with Crippen LogP contribution in [0.1, 0.15) is 77.5 Å². The number of amides is 3. The predicted molar refractivity (Wildman–Crippen MR) is 190 cm³/mol. The van der Waals surface area contributed by atoms with Gasteiger partial charge < -0.3 is 34.6 Å². The number of benzene rings is 2. The summed E-state index contributed by atoms with van der Waals surface area (Å²) in [5.41, 5.74) is 5.32. The van der Waals surface area contributed by atoms with Crippen LogP contribution in [-0.4, -0.2) is 77.8 Å². The lowest BCUT2D eigenvalue weighted by molar-refractivity contribution is -0.139. The Morgan fingerprint density at radius 1 is 1.00 bits per heavy atom. The maximum Gasteiger partial charge on any atom is 0.248 e. The SMILES string of the molecule is CCCC(=O)N1CCCC1c1ncc(-c2ccc3oc(-c4ccc(-c5cnc(CN(CCC)C(=O)C(NC(C)=O)C(C)O)[nH]5)cc4)cc3c2)[nH]1. The van der Waals surface area contributed by atoms with Gasteiger partial charge in [-0.1, -0.05) is 38.1 Å². The first-order valence-corrected chi connectivity index (χ1v) is 17.4. The molecular formula is C38H45N7O5. The number of nitrogens with zero attached hydrogens (tertiary/aromatic N) is 4. The van der Waals surface area contributed by atoms with E-state index in [0.29, 0.717) is 25.2 Å². The second-order valence-corrected chi connectivity index (χ2v) is 13.0. The Labute approximate surface area is 291 Å². The van der Waals surface area contributed by atoms with Crippen LogP contribution in [0.5, 0.6) is 0 Å². The van der Waals surface area contributed by atoms with Crippen molar-refractivity contribution in [2.45, 2.75) is 84.5 Å². The minimum atomic E-state index is -1.04. The minimum Gasteiger partial charge on any atom is -0.456 e. The van der Waals surface area contributed by atoms with Gasteiger partial charge in [0.2, 0.25) is 17.7 Å². The smallest absolute Gasteiger partial charge is 0.248 e. The van der Waals surface area contributed by atoms with Crippen molar-refractivity contribution in [1.82, 2.24) is 35.1 Å². The average molecular weight is 680 g/mol. The van der Waals surface area contributed by atoms with Crippen molar-refractivity contribution in [2.24, 2.45) is 0 Å². The molecule has 50 heavy (non-hydrogen) atoms. The Balaban J connectivity index is 1.14. The number of hydrogen-bond donors (Lipinski definition) is 4. The molecule has 3 atom stereocenters. The number of nitrogens with one attached hydrogen (secondary N) is 3. The molecule has 2 aromatic carbocycles. The Morgan fingerprint density at radius 3 is 2.44 bits per heavy atom. The van der Waals surface area contributed by atoms with Gasteiger partial charge in [-0.25, -0.2) is 9.97 Å². The first-order chi connectivity index (χ1) is 24.1. The van der Waals surface area contributed by atoms with Gasteiger partial charge in [0.25, 0.3) is 0 Å². The van der Waals surface area contributed by atoms with Crippen LogP contribution in [-0.2, 0) is 20.9 Å². The van der Waals surface area contributed by atoms with Crippen LogP contribution >= 0.6 is 0 Å². The Kier molecular flexibility index (Phi) is 10.5. The predicted octanol–water partition coefficient (Wildman–Crippen LogP) is 5.97. The molecule has 1 fully saturated rings. The van der Waals surface area contributed by atoms with Gasteiger partial charge in [0.15, 0.2) is 0 Å². The van der Waals surface area contributed by atoms with Gasteiger partial charge >= 0.3 is 0 Å². The normalized spacial score (nSPS) is 15.7. The number of rotatable bonds is 13. The fourth-order valence-electron chi connectivity index (χ4n) is 6.64. The number of H-pyrrole nitrogens is 2. The highest BCUT2D eigenvalue weighted by molar-refractivity contribution is 5.88. The molecule has 1 aliphatic rings. The zero-order valence-electron chi connectivity index (χ0n) is 29.0. The third-order valence-electron chi connectivity index (χ3n) is 9.14. The second kappa shape index (κ2) is 15.1. The molecule has 3 aromatic heterocycles. The fraction of sp³-hybridized carbons (Fsp3) is 0.395. The summed E-state index contributed by atoms with van der Waals surface area (Å²) in [4.78, 5) is 57.0. The van der Waals surface area contributed by atoms with E-state index < -0.39 is 12.1 Å². The number of aliphatic hydroxyl groups is 1. The molecule has 6 rings (SSSR count). The molecule has 0 bridgehead atoms. The van der Waals surface area contributed by atoms with Crippen LogP contribution in [0.3, 0.4) is 0 Å². The van der Waals surface area contributed by atoms with Crippen LogP contribution in [0.4, 0.5) is 0 Å². The van der Waals surface area contributed by atoms with Gasteiger partial charge in [-0.3, -0.25) is 14.4 Å². The summed E-state index contributed by atoms with van der Waals surface area (Å²) >= 11 is 0. The lowest BCUT2D eigenvalue weighted by Gasteiger charge is -2.28. The Hall–Kier alpha value is -5.23. The molecule has 4 heterocycles. The van der Waals surface area contributed by atoms with Crippen LogP contribution in [0.15, 0.2) is 65.3 Å². The molecular weight excluding hydrogens is 634 g/mol. The number of carbonyl (C=O) groups is 3. The number of carbonyl (C=O) groups excluding carboxylic acids is 3. The number of aromatic nitrogens is 4. The van der Waals surface area contributed by atoms with Crippen LogP contribution in [0, 0.1) is 0 Å². The van der Waals surface area contributed by atoms with E-state index in [9.17, 15) is 19.5 Å². The third kappa shape index (κ3) is 7.50. The van der Waals surface area contributed by atoms with Crippen molar-refractivity contribution in [2.75, 3.05) is 13.1 Å². The van der Waals surface area contributed by atoms with Gasteiger partial charge in [0.05, 0.1) is 42.5 Å². The molecule has 1 saturated heterocycles. The largest absolute Gasteiger partial charge is 0.456 e. The Morgan fingerprint density at radius 2 is 1.72 bits per heavy atom. The molecule has 5 aromatic rings.